The predicted molar refractivity (Wildman–Crippen MR) is 58.8 cm³/mol. The minimum Gasteiger partial charge on any atom is -0.293 e. The zero-order valence-corrected chi connectivity index (χ0v) is 8.46. The number of rotatable bonds is 3. The lowest BCUT2D eigenvalue weighted by Crippen LogP contribution is -2.00. The number of thiophene rings is 1. The average molecular weight is 202 g/mol. The minimum absolute atomic E-state index is 0.200. The molecule has 70 valence electrons. The first-order valence-electron chi connectivity index (χ1n) is 4.47. The van der Waals surface area contributed by atoms with Crippen molar-refractivity contribution in [3.05, 3.63) is 58.3 Å². The third-order valence-electron chi connectivity index (χ3n) is 2.00. The molecule has 1 nitrogen and oxygen atoms in total. The molecule has 0 spiro atoms. The average Bonchev–Trinajstić information content (AvgIpc) is 2.72. The van der Waals surface area contributed by atoms with E-state index < -0.39 is 0 Å². The number of Topliss-reactive ketones (excluding diaryl/α,β-unsaturated/α-hetero) is 1. The number of hydrogen-bond acceptors (Lipinski definition) is 2. The fourth-order valence-corrected chi connectivity index (χ4v) is 1.97. The summed E-state index contributed by atoms with van der Waals surface area (Å²) < 4.78 is 0. The van der Waals surface area contributed by atoms with Crippen molar-refractivity contribution in [3.8, 4) is 0 Å². The van der Waals surface area contributed by atoms with Crippen LogP contribution in [0.3, 0.4) is 0 Å². The van der Waals surface area contributed by atoms with Gasteiger partial charge in [-0.05, 0) is 17.0 Å². The van der Waals surface area contributed by atoms with Gasteiger partial charge < -0.3 is 0 Å². The fraction of sp³-hybridized carbons (Fsp3) is 0.0833. The first kappa shape index (κ1) is 9.16. The molecule has 0 amide bonds. The largest absolute Gasteiger partial charge is 0.293 e. The lowest BCUT2D eigenvalue weighted by atomic mass is 10.1. The van der Waals surface area contributed by atoms with E-state index in [1.807, 2.05) is 47.8 Å². The van der Waals surface area contributed by atoms with Gasteiger partial charge in [-0.3, -0.25) is 4.79 Å². The summed E-state index contributed by atoms with van der Waals surface area (Å²) in [4.78, 5) is 12.5. The van der Waals surface area contributed by atoms with Gasteiger partial charge in [0.1, 0.15) is 0 Å². The Morgan fingerprint density at radius 2 is 1.86 bits per heavy atom. The van der Waals surface area contributed by atoms with Gasteiger partial charge in [0.2, 0.25) is 0 Å². The zero-order chi connectivity index (χ0) is 9.80. The monoisotopic (exact) mass is 202 g/mol. The maximum Gasteiger partial charge on any atom is 0.177 e. The molecule has 0 N–H and O–H groups in total. The number of ketones is 1. The van der Waals surface area contributed by atoms with Crippen LogP contribution in [0.15, 0.2) is 47.8 Å². The van der Waals surface area contributed by atoms with E-state index in [9.17, 15) is 4.79 Å². The Hall–Kier alpha value is -1.41. The number of carbonyl (C=O) groups is 1. The highest BCUT2D eigenvalue weighted by Gasteiger charge is 2.06. The molecule has 2 aromatic rings. The molecule has 0 radical (unpaired) electrons. The van der Waals surface area contributed by atoms with Crippen LogP contribution >= 0.6 is 11.3 Å². The van der Waals surface area contributed by atoms with Gasteiger partial charge in [-0.2, -0.15) is 0 Å². The lowest BCUT2D eigenvalue weighted by molar-refractivity contribution is 0.0997. The molecule has 0 aliphatic rings. The fourth-order valence-electron chi connectivity index (χ4n) is 1.31. The third kappa shape index (κ3) is 2.09. The van der Waals surface area contributed by atoms with E-state index >= 15 is 0 Å². The molecular weight excluding hydrogens is 192 g/mol. The Kier molecular flexibility index (Phi) is 2.75. The van der Waals surface area contributed by atoms with Gasteiger partial charge >= 0.3 is 0 Å². The normalized spacial score (nSPS) is 10.0. The molecule has 0 saturated carbocycles. The van der Waals surface area contributed by atoms with E-state index in [1.165, 1.54) is 11.3 Å². The molecule has 1 heterocycles. The Balaban J connectivity index is 2.10. The van der Waals surface area contributed by atoms with E-state index in [0.717, 1.165) is 10.4 Å². The summed E-state index contributed by atoms with van der Waals surface area (Å²) in [5.74, 6) is 0.200. The van der Waals surface area contributed by atoms with Crippen LogP contribution in [-0.2, 0) is 6.42 Å². The number of benzene rings is 1. The molecular formula is C12H10OS. The highest BCUT2D eigenvalue weighted by Crippen LogP contribution is 2.12. The summed E-state index contributed by atoms with van der Waals surface area (Å²) in [6, 6.07) is 13.6. The summed E-state index contributed by atoms with van der Waals surface area (Å²) >= 11 is 1.50. The molecule has 0 unspecified atom stereocenters. The van der Waals surface area contributed by atoms with Gasteiger partial charge in [0, 0.05) is 6.42 Å². The van der Waals surface area contributed by atoms with Crippen LogP contribution in [0.2, 0.25) is 0 Å². The van der Waals surface area contributed by atoms with Crippen LogP contribution in [0.1, 0.15) is 15.2 Å². The SMILES string of the molecule is O=C(Cc1ccccc1)c1cccs1. The first-order valence-corrected chi connectivity index (χ1v) is 5.35. The van der Waals surface area contributed by atoms with Crippen molar-refractivity contribution in [2.24, 2.45) is 0 Å². The van der Waals surface area contributed by atoms with E-state index in [2.05, 4.69) is 0 Å². The van der Waals surface area contributed by atoms with Crippen LogP contribution in [-0.4, -0.2) is 5.78 Å². The van der Waals surface area contributed by atoms with Crippen LogP contribution in [0.25, 0.3) is 0 Å². The number of carbonyl (C=O) groups excluding carboxylic acids is 1. The van der Waals surface area contributed by atoms with Crippen molar-refractivity contribution in [1.29, 1.82) is 0 Å². The smallest absolute Gasteiger partial charge is 0.177 e. The predicted octanol–water partition coefficient (Wildman–Crippen LogP) is 3.17. The lowest BCUT2D eigenvalue weighted by Gasteiger charge is -1.97. The number of hydrogen-bond donors (Lipinski definition) is 0. The molecule has 1 aromatic carbocycles. The molecule has 0 aliphatic carbocycles. The second kappa shape index (κ2) is 4.20. The van der Waals surface area contributed by atoms with E-state index in [4.69, 9.17) is 0 Å². The van der Waals surface area contributed by atoms with Crippen molar-refractivity contribution >= 4 is 17.1 Å². The molecule has 2 rings (SSSR count). The van der Waals surface area contributed by atoms with Crippen molar-refractivity contribution in [2.75, 3.05) is 0 Å². The minimum atomic E-state index is 0.200. The highest BCUT2D eigenvalue weighted by molar-refractivity contribution is 7.12. The summed E-state index contributed by atoms with van der Waals surface area (Å²) in [7, 11) is 0. The van der Waals surface area contributed by atoms with Crippen LogP contribution in [0.5, 0.6) is 0 Å². The van der Waals surface area contributed by atoms with Crippen LogP contribution in [0, 0.1) is 0 Å². The van der Waals surface area contributed by atoms with Gasteiger partial charge in [-0.25, -0.2) is 0 Å². The highest BCUT2D eigenvalue weighted by atomic mass is 32.1. The quantitative estimate of drug-likeness (QED) is 0.699. The van der Waals surface area contributed by atoms with Crippen LogP contribution in [0.4, 0.5) is 0 Å². The van der Waals surface area contributed by atoms with Crippen molar-refractivity contribution in [3.63, 3.8) is 0 Å². The first-order chi connectivity index (χ1) is 6.86. The molecule has 0 atom stereocenters. The maximum atomic E-state index is 11.7. The Morgan fingerprint density at radius 3 is 2.50 bits per heavy atom. The molecule has 0 bridgehead atoms. The zero-order valence-electron chi connectivity index (χ0n) is 7.64. The van der Waals surface area contributed by atoms with E-state index in [1.54, 1.807) is 0 Å². The summed E-state index contributed by atoms with van der Waals surface area (Å²) in [6.07, 6.45) is 0.501. The van der Waals surface area contributed by atoms with Gasteiger partial charge in [0.05, 0.1) is 4.88 Å². The van der Waals surface area contributed by atoms with E-state index in [0.29, 0.717) is 6.42 Å². The molecule has 1 aromatic heterocycles. The van der Waals surface area contributed by atoms with Gasteiger partial charge in [-0.15, -0.1) is 11.3 Å². The Bertz CT molecular complexity index is 403. The summed E-state index contributed by atoms with van der Waals surface area (Å²) in [5, 5.41) is 1.93. The second-order valence-corrected chi connectivity index (χ2v) is 4.01. The molecule has 0 saturated heterocycles. The third-order valence-corrected chi connectivity index (χ3v) is 2.91. The molecule has 14 heavy (non-hydrogen) atoms. The second-order valence-electron chi connectivity index (χ2n) is 3.06. The Morgan fingerprint density at radius 1 is 1.07 bits per heavy atom. The van der Waals surface area contributed by atoms with Crippen molar-refractivity contribution in [1.82, 2.24) is 0 Å². The van der Waals surface area contributed by atoms with Crippen LogP contribution < -0.4 is 0 Å². The van der Waals surface area contributed by atoms with Gasteiger partial charge in [0.25, 0.3) is 0 Å². The van der Waals surface area contributed by atoms with Crippen molar-refractivity contribution < 1.29 is 4.79 Å². The topological polar surface area (TPSA) is 17.1 Å². The van der Waals surface area contributed by atoms with Gasteiger partial charge in [0.15, 0.2) is 5.78 Å². The Labute approximate surface area is 87.0 Å². The standard InChI is InChI=1S/C12H10OS/c13-11(12-7-4-8-14-12)9-10-5-2-1-3-6-10/h1-8H,9H2. The molecule has 2 heteroatoms. The summed E-state index contributed by atoms with van der Waals surface area (Å²) in [5.41, 5.74) is 1.07. The molecule has 0 aliphatic heterocycles. The molecule has 0 fully saturated rings. The summed E-state index contributed by atoms with van der Waals surface area (Å²) in [6.45, 7) is 0. The van der Waals surface area contributed by atoms with E-state index in [-0.39, 0.29) is 5.78 Å². The van der Waals surface area contributed by atoms with Crippen molar-refractivity contribution in [2.45, 2.75) is 6.42 Å². The maximum absolute atomic E-state index is 11.7. The van der Waals surface area contributed by atoms with Gasteiger partial charge in [-0.1, -0.05) is 36.4 Å².